The largest absolute Gasteiger partial charge is 0.496 e. The molecule has 1 aliphatic heterocycles. The average molecular weight is 427 g/mol. The van der Waals surface area contributed by atoms with E-state index in [9.17, 15) is 0 Å². The summed E-state index contributed by atoms with van der Waals surface area (Å²) in [7, 11) is 1.71. The van der Waals surface area contributed by atoms with E-state index in [0.717, 1.165) is 65.3 Å². The van der Waals surface area contributed by atoms with Crippen molar-refractivity contribution in [1.82, 2.24) is 4.90 Å². The number of hydrogen-bond donors (Lipinski definition) is 0. The van der Waals surface area contributed by atoms with Gasteiger partial charge in [0, 0.05) is 43.3 Å². The summed E-state index contributed by atoms with van der Waals surface area (Å²) >= 11 is 12.6. The molecule has 1 aliphatic rings. The first-order chi connectivity index (χ1) is 14.1. The first kappa shape index (κ1) is 20.1. The third-order valence-electron chi connectivity index (χ3n) is 5.37. The summed E-state index contributed by atoms with van der Waals surface area (Å²) in [6.07, 6.45) is 0. The van der Waals surface area contributed by atoms with Crippen LogP contribution in [0.15, 0.2) is 66.7 Å². The molecule has 3 aromatic rings. The molecule has 0 bridgehead atoms. The smallest absolute Gasteiger partial charge is 0.126 e. The van der Waals surface area contributed by atoms with Gasteiger partial charge in [-0.2, -0.15) is 0 Å². The molecule has 0 N–H and O–H groups in total. The van der Waals surface area contributed by atoms with Gasteiger partial charge >= 0.3 is 0 Å². The third-order valence-corrected chi connectivity index (χ3v) is 5.93. The predicted molar refractivity (Wildman–Crippen MR) is 122 cm³/mol. The number of methoxy groups -OCH3 is 1. The number of hydrogen-bond acceptors (Lipinski definition) is 3. The van der Waals surface area contributed by atoms with E-state index in [0.29, 0.717) is 0 Å². The fourth-order valence-electron chi connectivity index (χ4n) is 3.85. The third kappa shape index (κ3) is 4.69. The van der Waals surface area contributed by atoms with Crippen molar-refractivity contribution < 1.29 is 4.74 Å². The van der Waals surface area contributed by atoms with Crippen molar-refractivity contribution in [2.75, 3.05) is 38.2 Å². The Morgan fingerprint density at radius 3 is 2.38 bits per heavy atom. The summed E-state index contributed by atoms with van der Waals surface area (Å²) < 4.78 is 5.58. The Hall–Kier alpha value is -2.20. The summed E-state index contributed by atoms with van der Waals surface area (Å²) in [4.78, 5) is 4.85. The van der Waals surface area contributed by atoms with Gasteiger partial charge in [-0.15, -0.1) is 0 Å². The quantitative estimate of drug-likeness (QED) is 0.497. The maximum atomic E-state index is 6.36. The molecule has 0 atom stereocenters. The first-order valence-corrected chi connectivity index (χ1v) is 10.5. The Labute approximate surface area is 182 Å². The van der Waals surface area contributed by atoms with E-state index in [1.54, 1.807) is 7.11 Å². The maximum Gasteiger partial charge on any atom is 0.126 e. The fourth-order valence-corrected chi connectivity index (χ4v) is 4.29. The molecule has 0 saturated carbocycles. The lowest BCUT2D eigenvalue weighted by Gasteiger charge is -2.36. The molecular weight excluding hydrogens is 403 g/mol. The predicted octanol–water partition coefficient (Wildman–Crippen LogP) is 5.99. The Balaban J connectivity index is 1.47. The minimum absolute atomic E-state index is 0.727. The van der Waals surface area contributed by atoms with Crippen LogP contribution >= 0.6 is 23.2 Å². The monoisotopic (exact) mass is 426 g/mol. The minimum atomic E-state index is 0.727. The van der Waals surface area contributed by atoms with E-state index >= 15 is 0 Å². The standard InChI is InChI=1S/C24H24Cl2N2O/c1-29-24-10-9-18(15-21(24)19-5-4-6-20(25)16-19)17-27-11-13-28(14-12-27)23-8-3-2-7-22(23)26/h2-10,15-16H,11-14,17H2,1H3. The van der Waals surface area contributed by atoms with Crippen molar-refractivity contribution in [3.8, 4) is 16.9 Å². The molecule has 1 heterocycles. The summed E-state index contributed by atoms with van der Waals surface area (Å²) in [6, 6.07) is 22.4. The number of anilines is 1. The first-order valence-electron chi connectivity index (χ1n) is 9.79. The number of rotatable bonds is 5. The second-order valence-electron chi connectivity index (χ2n) is 7.26. The van der Waals surface area contributed by atoms with Crippen LogP contribution < -0.4 is 9.64 Å². The van der Waals surface area contributed by atoms with Crippen molar-refractivity contribution in [2.45, 2.75) is 6.54 Å². The summed E-state index contributed by atoms with van der Waals surface area (Å²) in [5, 5.41) is 1.55. The van der Waals surface area contributed by atoms with Crippen LogP contribution in [0.25, 0.3) is 11.1 Å². The van der Waals surface area contributed by atoms with Crippen LogP contribution in [0.4, 0.5) is 5.69 Å². The minimum Gasteiger partial charge on any atom is -0.496 e. The number of ether oxygens (including phenoxy) is 1. The molecular formula is C24H24Cl2N2O. The van der Waals surface area contributed by atoms with Crippen LogP contribution in [-0.4, -0.2) is 38.2 Å². The number of benzene rings is 3. The van der Waals surface area contributed by atoms with Crippen molar-refractivity contribution in [2.24, 2.45) is 0 Å². The molecule has 0 unspecified atom stereocenters. The van der Waals surface area contributed by atoms with E-state index in [1.165, 1.54) is 5.56 Å². The van der Waals surface area contributed by atoms with Gasteiger partial charge in [0.05, 0.1) is 17.8 Å². The molecule has 3 aromatic carbocycles. The number of para-hydroxylation sites is 1. The van der Waals surface area contributed by atoms with Crippen LogP contribution in [-0.2, 0) is 6.54 Å². The normalized spacial score (nSPS) is 14.8. The van der Waals surface area contributed by atoms with Gasteiger partial charge in [0.25, 0.3) is 0 Å². The molecule has 1 saturated heterocycles. The fraction of sp³-hybridized carbons (Fsp3) is 0.250. The van der Waals surface area contributed by atoms with Gasteiger partial charge in [0.1, 0.15) is 5.75 Å². The lowest BCUT2D eigenvalue weighted by atomic mass is 10.0. The maximum absolute atomic E-state index is 6.36. The van der Waals surface area contributed by atoms with Gasteiger partial charge < -0.3 is 9.64 Å². The lowest BCUT2D eigenvalue weighted by Crippen LogP contribution is -2.46. The second kappa shape index (κ2) is 9.08. The highest BCUT2D eigenvalue weighted by Gasteiger charge is 2.19. The average Bonchev–Trinajstić information content (AvgIpc) is 2.75. The topological polar surface area (TPSA) is 15.7 Å². The van der Waals surface area contributed by atoms with E-state index < -0.39 is 0 Å². The molecule has 0 aliphatic carbocycles. The van der Waals surface area contributed by atoms with E-state index in [4.69, 9.17) is 27.9 Å². The van der Waals surface area contributed by atoms with E-state index in [2.05, 4.69) is 34.1 Å². The Morgan fingerprint density at radius 2 is 1.66 bits per heavy atom. The molecule has 0 spiro atoms. The molecule has 0 radical (unpaired) electrons. The molecule has 29 heavy (non-hydrogen) atoms. The molecule has 1 fully saturated rings. The van der Waals surface area contributed by atoms with Crippen molar-refractivity contribution in [3.05, 3.63) is 82.3 Å². The van der Waals surface area contributed by atoms with Crippen LogP contribution in [0.5, 0.6) is 5.75 Å². The van der Waals surface area contributed by atoms with Gasteiger partial charge in [-0.3, -0.25) is 4.90 Å². The highest BCUT2D eigenvalue weighted by atomic mass is 35.5. The van der Waals surface area contributed by atoms with E-state index in [-0.39, 0.29) is 0 Å². The van der Waals surface area contributed by atoms with Gasteiger partial charge in [0.15, 0.2) is 0 Å². The number of nitrogens with zero attached hydrogens (tertiary/aromatic N) is 2. The Kier molecular flexibility index (Phi) is 6.29. The molecule has 5 heteroatoms. The molecule has 150 valence electrons. The van der Waals surface area contributed by atoms with E-state index in [1.807, 2.05) is 42.5 Å². The molecule has 4 rings (SSSR count). The van der Waals surface area contributed by atoms with Gasteiger partial charge in [-0.25, -0.2) is 0 Å². The summed E-state index contributed by atoms with van der Waals surface area (Å²) in [5.41, 5.74) is 4.54. The highest BCUT2D eigenvalue weighted by Crippen LogP contribution is 2.33. The van der Waals surface area contributed by atoms with Gasteiger partial charge in [0.2, 0.25) is 0 Å². The summed E-state index contributed by atoms with van der Waals surface area (Å²) in [5.74, 6) is 0.861. The number of halogens is 2. The van der Waals surface area contributed by atoms with Crippen LogP contribution in [0.1, 0.15) is 5.56 Å². The zero-order valence-electron chi connectivity index (χ0n) is 16.4. The summed E-state index contributed by atoms with van der Waals surface area (Å²) in [6.45, 7) is 4.86. The van der Waals surface area contributed by atoms with Crippen molar-refractivity contribution in [3.63, 3.8) is 0 Å². The molecule has 3 nitrogen and oxygen atoms in total. The van der Waals surface area contributed by atoms with Crippen LogP contribution in [0.3, 0.4) is 0 Å². The van der Waals surface area contributed by atoms with Crippen LogP contribution in [0, 0.1) is 0 Å². The zero-order chi connectivity index (χ0) is 20.2. The van der Waals surface area contributed by atoms with Gasteiger partial charge in [-0.05, 0) is 47.5 Å². The molecule has 0 aromatic heterocycles. The van der Waals surface area contributed by atoms with Crippen molar-refractivity contribution in [1.29, 1.82) is 0 Å². The Bertz CT molecular complexity index is 984. The highest BCUT2D eigenvalue weighted by molar-refractivity contribution is 6.33. The van der Waals surface area contributed by atoms with Crippen LogP contribution in [0.2, 0.25) is 10.0 Å². The Morgan fingerprint density at radius 1 is 0.862 bits per heavy atom. The zero-order valence-corrected chi connectivity index (χ0v) is 18.0. The second-order valence-corrected chi connectivity index (χ2v) is 8.10. The SMILES string of the molecule is COc1ccc(CN2CCN(c3ccccc3Cl)CC2)cc1-c1cccc(Cl)c1. The number of piperazine rings is 1. The van der Waals surface area contributed by atoms with Gasteiger partial charge in [-0.1, -0.05) is 53.5 Å². The van der Waals surface area contributed by atoms with Crippen molar-refractivity contribution >= 4 is 28.9 Å². The molecule has 0 amide bonds. The lowest BCUT2D eigenvalue weighted by molar-refractivity contribution is 0.250.